The zero-order chi connectivity index (χ0) is 16.9. The van der Waals surface area contributed by atoms with Crippen LogP contribution in [0, 0.1) is 11.8 Å². The van der Waals surface area contributed by atoms with E-state index < -0.39 is 18.1 Å². The van der Waals surface area contributed by atoms with Crippen LogP contribution in [-0.2, 0) is 9.47 Å². The minimum absolute atomic E-state index is 0.00655. The molecule has 24 heavy (non-hydrogen) atoms. The SMILES string of the molecule is CC1(C)O[C@H]2C[C@@H]3CN(C(=O)Oc4ccccc4)[C@@H](O)[C@@H]3C[C@H]2O1. The summed E-state index contributed by atoms with van der Waals surface area (Å²) in [5.41, 5.74) is 0. The molecule has 6 heteroatoms. The molecule has 0 aromatic heterocycles. The molecule has 5 atom stereocenters. The molecule has 1 aromatic rings. The maximum absolute atomic E-state index is 12.4. The predicted molar refractivity (Wildman–Crippen MR) is 85.2 cm³/mol. The fraction of sp³-hybridized carbons (Fsp3) is 0.611. The van der Waals surface area contributed by atoms with E-state index in [0.717, 1.165) is 6.42 Å². The summed E-state index contributed by atoms with van der Waals surface area (Å²) in [6.07, 6.45) is 0.189. The quantitative estimate of drug-likeness (QED) is 0.854. The Labute approximate surface area is 141 Å². The Balaban J connectivity index is 1.44. The number of hydrogen-bond acceptors (Lipinski definition) is 5. The lowest BCUT2D eigenvalue weighted by molar-refractivity contribution is -0.146. The number of aliphatic hydroxyl groups is 1. The molecule has 2 heterocycles. The van der Waals surface area contributed by atoms with E-state index >= 15 is 0 Å². The van der Waals surface area contributed by atoms with Crippen LogP contribution in [0.4, 0.5) is 4.79 Å². The van der Waals surface area contributed by atoms with Crippen LogP contribution in [0.3, 0.4) is 0 Å². The summed E-state index contributed by atoms with van der Waals surface area (Å²) in [4.78, 5) is 13.8. The standard InChI is InChI=1S/C18H23NO5/c1-18(2)23-14-8-11-10-19(16(20)13(11)9-15(14)24-18)17(21)22-12-6-4-3-5-7-12/h3-7,11,13-16,20H,8-10H2,1-2H3/t11-,13-,14+,15-,16+/m1/s1. The first-order valence-corrected chi connectivity index (χ1v) is 8.50. The van der Waals surface area contributed by atoms with E-state index in [1.54, 1.807) is 24.3 Å². The maximum atomic E-state index is 12.4. The summed E-state index contributed by atoms with van der Waals surface area (Å²) in [7, 11) is 0. The van der Waals surface area contributed by atoms with Crippen LogP contribution in [0.5, 0.6) is 5.75 Å². The van der Waals surface area contributed by atoms with Crippen molar-refractivity contribution in [3.05, 3.63) is 30.3 Å². The summed E-state index contributed by atoms with van der Waals surface area (Å²) in [6.45, 7) is 4.33. The van der Waals surface area contributed by atoms with Crippen LogP contribution < -0.4 is 4.74 Å². The number of ether oxygens (including phenoxy) is 3. The molecule has 3 fully saturated rings. The predicted octanol–water partition coefficient (Wildman–Crippen LogP) is 2.37. The molecular formula is C18H23NO5. The highest BCUT2D eigenvalue weighted by Crippen LogP contribution is 2.46. The normalized spacial score (nSPS) is 37.0. The monoisotopic (exact) mass is 333 g/mol. The van der Waals surface area contributed by atoms with Gasteiger partial charge in [0.1, 0.15) is 12.0 Å². The van der Waals surface area contributed by atoms with Crippen molar-refractivity contribution in [2.24, 2.45) is 11.8 Å². The minimum Gasteiger partial charge on any atom is -0.410 e. The Morgan fingerprint density at radius 2 is 1.88 bits per heavy atom. The van der Waals surface area contributed by atoms with Crippen LogP contribution >= 0.6 is 0 Å². The lowest BCUT2D eigenvalue weighted by Gasteiger charge is -2.32. The second-order valence-corrected chi connectivity index (χ2v) is 7.35. The van der Waals surface area contributed by atoms with Crippen LogP contribution in [0.2, 0.25) is 0 Å². The average Bonchev–Trinajstić information content (AvgIpc) is 3.01. The molecular weight excluding hydrogens is 310 g/mol. The largest absolute Gasteiger partial charge is 0.417 e. The molecule has 0 bridgehead atoms. The highest BCUT2D eigenvalue weighted by Gasteiger charge is 2.54. The number of amides is 1. The summed E-state index contributed by atoms with van der Waals surface area (Å²) in [5, 5.41) is 10.6. The van der Waals surface area contributed by atoms with Crippen LogP contribution in [0.25, 0.3) is 0 Å². The number of para-hydroxylation sites is 1. The fourth-order valence-corrected chi connectivity index (χ4v) is 4.24. The zero-order valence-corrected chi connectivity index (χ0v) is 13.9. The number of benzene rings is 1. The average molecular weight is 333 g/mol. The minimum atomic E-state index is -0.834. The number of hydrogen-bond donors (Lipinski definition) is 1. The molecule has 1 aliphatic carbocycles. The fourth-order valence-electron chi connectivity index (χ4n) is 4.24. The summed E-state index contributed by atoms with van der Waals surface area (Å²) >= 11 is 0. The molecule has 0 unspecified atom stereocenters. The van der Waals surface area contributed by atoms with E-state index in [1.807, 2.05) is 19.9 Å². The Morgan fingerprint density at radius 1 is 1.21 bits per heavy atom. The summed E-state index contributed by atoms with van der Waals surface area (Å²) < 4.78 is 17.2. The Bertz CT molecular complexity index is 619. The Kier molecular flexibility index (Phi) is 3.78. The van der Waals surface area contributed by atoms with Crippen LogP contribution in [0.15, 0.2) is 30.3 Å². The first kappa shape index (κ1) is 15.9. The van der Waals surface area contributed by atoms with E-state index in [-0.39, 0.29) is 24.0 Å². The molecule has 130 valence electrons. The Hall–Kier alpha value is -1.63. The third-order valence-electron chi connectivity index (χ3n) is 5.25. The molecule has 0 radical (unpaired) electrons. The van der Waals surface area contributed by atoms with Crippen molar-refractivity contribution in [2.75, 3.05) is 6.54 Å². The molecule has 2 saturated heterocycles. The van der Waals surface area contributed by atoms with Gasteiger partial charge in [0.25, 0.3) is 0 Å². The second kappa shape index (κ2) is 5.72. The third kappa shape index (κ3) is 2.79. The third-order valence-corrected chi connectivity index (χ3v) is 5.25. The molecule has 2 aliphatic heterocycles. The van der Waals surface area contributed by atoms with Crippen LogP contribution in [-0.4, -0.2) is 46.9 Å². The number of fused-ring (bicyclic) bond motifs is 2. The van der Waals surface area contributed by atoms with Gasteiger partial charge >= 0.3 is 6.09 Å². The number of carbonyl (C=O) groups is 1. The lowest BCUT2D eigenvalue weighted by Crippen LogP contribution is -2.41. The van der Waals surface area contributed by atoms with Crippen molar-refractivity contribution in [3.63, 3.8) is 0 Å². The topological polar surface area (TPSA) is 68.2 Å². The van der Waals surface area contributed by atoms with E-state index in [0.29, 0.717) is 18.7 Å². The van der Waals surface area contributed by atoms with E-state index in [9.17, 15) is 9.90 Å². The van der Waals surface area contributed by atoms with Crippen molar-refractivity contribution in [2.45, 2.75) is 50.9 Å². The van der Waals surface area contributed by atoms with Crippen molar-refractivity contribution in [3.8, 4) is 5.75 Å². The van der Waals surface area contributed by atoms with Gasteiger partial charge in [0, 0.05) is 12.5 Å². The summed E-state index contributed by atoms with van der Waals surface area (Å²) in [5.74, 6) is 0.134. The zero-order valence-electron chi connectivity index (χ0n) is 13.9. The van der Waals surface area contributed by atoms with Gasteiger partial charge in [0.2, 0.25) is 0 Å². The lowest BCUT2D eigenvalue weighted by atomic mass is 9.78. The van der Waals surface area contributed by atoms with Gasteiger partial charge in [-0.2, -0.15) is 0 Å². The van der Waals surface area contributed by atoms with Gasteiger partial charge in [-0.25, -0.2) is 4.79 Å². The van der Waals surface area contributed by atoms with E-state index in [1.165, 1.54) is 4.90 Å². The number of aliphatic hydroxyl groups excluding tert-OH is 1. The van der Waals surface area contributed by atoms with Gasteiger partial charge in [-0.3, -0.25) is 4.90 Å². The number of nitrogens with zero attached hydrogens (tertiary/aromatic N) is 1. The second-order valence-electron chi connectivity index (χ2n) is 7.35. The first-order chi connectivity index (χ1) is 11.4. The van der Waals surface area contributed by atoms with E-state index in [2.05, 4.69) is 0 Å². The molecule has 1 N–H and O–H groups in total. The van der Waals surface area contributed by atoms with Crippen molar-refractivity contribution in [1.82, 2.24) is 4.90 Å². The Morgan fingerprint density at radius 3 is 2.58 bits per heavy atom. The molecule has 6 nitrogen and oxygen atoms in total. The summed E-state index contributed by atoms with van der Waals surface area (Å²) in [6, 6.07) is 8.92. The van der Waals surface area contributed by atoms with Gasteiger partial charge < -0.3 is 19.3 Å². The molecule has 1 aromatic carbocycles. The molecule has 1 amide bonds. The first-order valence-electron chi connectivity index (χ1n) is 8.50. The van der Waals surface area contributed by atoms with Crippen molar-refractivity contribution < 1.29 is 24.1 Å². The number of rotatable bonds is 1. The van der Waals surface area contributed by atoms with Gasteiger partial charge in [0.15, 0.2) is 5.79 Å². The van der Waals surface area contributed by atoms with Gasteiger partial charge in [-0.1, -0.05) is 18.2 Å². The van der Waals surface area contributed by atoms with Gasteiger partial charge in [-0.05, 0) is 44.7 Å². The molecule has 0 spiro atoms. The van der Waals surface area contributed by atoms with Gasteiger partial charge in [-0.15, -0.1) is 0 Å². The molecule has 1 saturated carbocycles. The van der Waals surface area contributed by atoms with E-state index in [4.69, 9.17) is 14.2 Å². The smallest absolute Gasteiger partial charge is 0.410 e. The van der Waals surface area contributed by atoms with Gasteiger partial charge in [0.05, 0.1) is 12.2 Å². The highest BCUT2D eigenvalue weighted by molar-refractivity contribution is 5.71. The van der Waals surface area contributed by atoms with Crippen molar-refractivity contribution >= 4 is 6.09 Å². The van der Waals surface area contributed by atoms with Crippen LogP contribution in [0.1, 0.15) is 26.7 Å². The molecule has 4 rings (SSSR count). The maximum Gasteiger partial charge on any atom is 0.417 e. The highest BCUT2D eigenvalue weighted by atomic mass is 16.8. The number of likely N-dealkylation sites (tertiary alicyclic amines) is 1. The molecule has 3 aliphatic rings. The van der Waals surface area contributed by atoms with Crippen molar-refractivity contribution in [1.29, 1.82) is 0 Å². The number of carbonyl (C=O) groups excluding carboxylic acids is 1.